The van der Waals surface area contributed by atoms with Crippen molar-refractivity contribution < 1.29 is 23.8 Å². The topological polar surface area (TPSA) is 65.1 Å². The SMILES string of the molecule is C=CC1=C(C)C(=O)N(CCc2cc(OC)c(OC)cc2-c2ccc(OC)cc2)C1=O. The number of carbonyl (C=O) groups excluding carboxylic acids is 2. The zero-order chi connectivity index (χ0) is 21.8. The van der Waals surface area contributed by atoms with Gasteiger partial charge in [-0.3, -0.25) is 14.5 Å². The average molecular weight is 407 g/mol. The lowest BCUT2D eigenvalue weighted by molar-refractivity contribution is -0.137. The molecule has 0 saturated heterocycles. The van der Waals surface area contributed by atoms with Crippen LogP contribution >= 0.6 is 0 Å². The maximum atomic E-state index is 12.5. The smallest absolute Gasteiger partial charge is 0.261 e. The van der Waals surface area contributed by atoms with Crippen LogP contribution in [0.25, 0.3) is 11.1 Å². The number of methoxy groups -OCH3 is 3. The third kappa shape index (κ3) is 3.81. The average Bonchev–Trinajstić information content (AvgIpc) is 2.99. The largest absolute Gasteiger partial charge is 0.497 e. The third-order valence-corrected chi connectivity index (χ3v) is 5.26. The highest BCUT2D eigenvalue weighted by Gasteiger charge is 2.34. The quantitative estimate of drug-likeness (QED) is 0.623. The zero-order valence-corrected chi connectivity index (χ0v) is 17.7. The van der Waals surface area contributed by atoms with Gasteiger partial charge >= 0.3 is 0 Å². The normalized spacial score (nSPS) is 13.7. The maximum absolute atomic E-state index is 12.5. The van der Waals surface area contributed by atoms with E-state index in [4.69, 9.17) is 14.2 Å². The molecule has 2 amide bonds. The molecule has 156 valence electrons. The highest BCUT2D eigenvalue weighted by Crippen LogP contribution is 2.37. The van der Waals surface area contributed by atoms with Crippen molar-refractivity contribution >= 4 is 11.8 Å². The molecule has 2 aromatic carbocycles. The van der Waals surface area contributed by atoms with Gasteiger partial charge < -0.3 is 14.2 Å². The molecular formula is C24H25NO5. The summed E-state index contributed by atoms with van der Waals surface area (Å²) in [6, 6.07) is 11.5. The molecule has 0 spiro atoms. The summed E-state index contributed by atoms with van der Waals surface area (Å²) in [5.74, 6) is 1.37. The maximum Gasteiger partial charge on any atom is 0.261 e. The Bertz CT molecular complexity index is 1020. The van der Waals surface area contributed by atoms with Gasteiger partial charge in [0.2, 0.25) is 0 Å². The van der Waals surface area contributed by atoms with Crippen LogP contribution in [0, 0.1) is 0 Å². The highest BCUT2D eigenvalue weighted by molar-refractivity contribution is 6.20. The van der Waals surface area contributed by atoms with Gasteiger partial charge in [-0.25, -0.2) is 0 Å². The standard InChI is InChI=1S/C24H25NO5/c1-6-19-15(2)23(26)25(24(19)27)12-11-17-13-21(29-4)22(30-5)14-20(17)16-7-9-18(28-3)10-8-16/h6-10,13-14H,1,11-12H2,2-5H3. The van der Waals surface area contributed by atoms with Crippen LogP contribution in [0.2, 0.25) is 0 Å². The van der Waals surface area contributed by atoms with E-state index in [1.807, 2.05) is 36.4 Å². The molecule has 1 heterocycles. The van der Waals surface area contributed by atoms with Crippen molar-refractivity contribution in [1.29, 1.82) is 0 Å². The molecule has 3 rings (SSSR count). The molecule has 0 aliphatic carbocycles. The fourth-order valence-corrected chi connectivity index (χ4v) is 3.56. The van der Waals surface area contributed by atoms with E-state index in [1.165, 1.54) is 11.0 Å². The Hall–Kier alpha value is -3.54. The molecule has 0 aromatic heterocycles. The first kappa shape index (κ1) is 21.2. The third-order valence-electron chi connectivity index (χ3n) is 5.26. The van der Waals surface area contributed by atoms with Crippen molar-refractivity contribution in [2.45, 2.75) is 13.3 Å². The Morgan fingerprint density at radius 3 is 2.10 bits per heavy atom. The first-order chi connectivity index (χ1) is 14.4. The minimum absolute atomic E-state index is 0.255. The van der Waals surface area contributed by atoms with Crippen LogP contribution in [0.15, 0.2) is 60.2 Å². The predicted molar refractivity (Wildman–Crippen MR) is 115 cm³/mol. The number of hydrogen-bond acceptors (Lipinski definition) is 5. The van der Waals surface area contributed by atoms with Crippen LogP contribution in [-0.2, 0) is 16.0 Å². The number of ether oxygens (including phenoxy) is 3. The Morgan fingerprint density at radius 1 is 0.933 bits per heavy atom. The summed E-state index contributed by atoms with van der Waals surface area (Å²) in [6.07, 6.45) is 1.91. The molecular weight excluding hydrogens is 382 g/mol. The number of amides is 2. The van der Waals surface area contributed by atoms with E-state index >= 15 is 0 Å². The van der Waals surface area contributed by atoms with Gasteiger partial charge in [0.1, 0.15) is 5.75 Å². The van der Waals surface area contributed by atoms with Crippen molar-refractivity contribution in [3.8, 4) is 28.4 Å². The van der Waals surface area contributed by atoms with Crippen molar-refractivity contribution in [1.82, 2.24) is 4.90 Å². The van der Waals surface area contributed by atoms with Crippen LogP contribution in [0.5, 0.6) is 17.2 Å². The molecule has 0 saturated carbocycles. The molecule has 0 fully saturated rings. The summed E-state index contributed by atoms with van der Waals surface area (Å²) < 4.78 is 16.2. The predicted octanol–water partition coefficient (Wildman–Crippen LogP) is 3.79. The van der Waals surface area contributed by atoms with Gasteiger partial charge in [0.15, 0.2) is 11.5 Å². The lowest BCUT2D eigenvalue weighted by Gasteiger charge is -2.19. The Morgan fingerprint density at radius 2 is 1.57 bits per heavy atom. The van der Waals surface area contributed by atoms with Crippen LogP contribution in [0.1, 0.15) is 12.5 Å². The van der Waals surface area contributed by atoms with E-state index in [2.05, 4.69) is 6.58 Å². The summed E-state index contributed by atoms with van der Waals surface area (Å²) in [7, 11) is 4.78. The van der Waals surface area contributed by atoms with Crippen LogP contribution < -0.4 is 14.2 Å². The molecule has 2 aromatic rings. The van der Waals surface area contributed by atoms with Gasteiger partial charge in [0.05, 0.1) is 21.3 Å². The van der Waals surface area contributed by atoms with E-state index in [0.29, 0.717) is 29.1 Å². The molecule has 0 radical (unpaired) electrons. The molecule has 30 heavy (non-hydrogen) atoms. The molecule has 6 nitrogen and oxygen atoms in total. The second-order valence-electron chi connectivity index (χ2n) is 6.85. The van der Waals surface area contributed by atoms with E-state index in [-0.39, 0.29) is 18.4 Å². The zero-order valence-electron chi connectivity index (χ0n) is 17.7. The fourth-order valence-electron chi connectivity index (χ4n) is 3.56. The molecule has 0 atom stereocenters. The van der Waals surface area contributed by atoms with Crippen molar-refractivity contribution in [2.75, 3.05) is 27.9 Å². The highest BCUT2D eigenvalue weighted by atomic mass is 16.5. The molecule has 1 aliphatic rings. The van der Waals surface area contributed by atoms with E-state index in [9.17, 15) is 9.59 Å². The number of hydrogen-bond donors (Lipinski definition) is 0. The summed E-state index contributed by atoms with van der Waals surface area (Å²) >= 11 is 0. The van der Waals surface area contributed by atoms with Gasteiger partial charge in [-0.05, 0) is 54.3 Å². The van der Waals surface area contributed by atoms with Gasteiger partial charge in [-0.2, -0.15) is 0 Å². The lowest BCUT2D eigenvalue weighted by Crippen LogP contribution is -2.33. The number of carbonyl (C=O) groups is 2. The van der Waals surface area contributed by atoms with Gasteiger partial charge in [-0.15, -0.1) is 0 Å². The monoisotopic (exact) mass is 407 g/mol. The molecule has 0 unspecified atom stereocenters. The summed E-state index contributed by atoms with van der Waals surface area (Å²) in [5.41, 5.74) is 3.62. The van der Waals surface area contributed by atoms with Gasteiger partial charge in [0, 0.05) is 17.7 Å². The Kier molecular flexibility index (Phi) is 6.26. The minimum Gasteiger partial charge on any atom is -0.497 e. The second kappa shape index (κ2) is 8.86. The molecule has 0 bridgehead atoms. The van der Waals surface area contributed by atoms with E-state index < -0.39 is 0 Å². The first-order valence-corrected chi connectivity index (χ1v) is 9.54. The van der Waals surface area contributed by atoms with Gasteiger partial charge in [-0.1, -0.05) is 24.8 Å². The van der Waals surface area contributed by atoms with Gasteiger partial charge in [0.25, 0.3) is 11.8 Å². The minimum atomic E-state index is -0.307. The van der Waals surface area contributed by atoms with Crippen LogP contribution in [0.4, 0.5) is 0 Å². The van der Waals surface area contributed by atoms with Crippen LogP contribution in [0.3, 0.4) is 0 Å². The first-order valence-electron chi connectivity index (χ1n) is 9.54. The molecule has 1 aliphatic heterocycles. The fraction of sp³-hybridized carbons (Fsp3) is 0.250. The summed E-state index contributed by atoms with van der Waals surface area (Å²) in [6.45, 7) is 5.55. The Labute approximate surface area is 176 Å². The Balaban J connectivity index is 1.96. The number of benzene rings is 2. The number of rotatable bonds is 8. The number of nitrogens with zero attached hydrogens (tertiary/aromatic N) is 1. The molecule has 6 heteroatoms. The van der Waals surface area contributed by atoms with Crippen molar-refractivity contribution in [3.63, 3.8) is 0 Å². The summed E-state index contributed by atoms with van der Waals surface area (Å²) in [5, 5.41) is 0. The van der Waals surface area contributed by atoms with Crippen molar-refractivity contribution in [2.24, 2.45) is 0 Å². The number of imide groups is 1. The second-order valence-corrected chi connectivity index (χ2v) is 6.85. The van der Waals surface area contributed by atoms with E-state index in [1.54, 1.807) is 28.3 Å². The molecule has 0 N–H and O–H groups in total. The van der Waals surface area contributed by atoms with E-state index in [0.717, 1.165) is 22.4 Å². The van der Waals surface area contributed by atoms with Crippen molar-refractivity contribution in [3.05, 3.63) is 65.8 Å². The summed E-state index contributed by atoms with van der Waals surface area (Å²) in [4.78, 5) is 26.3. The van der Waals surface area contributed by atoms with Crippen LogP contribution in [-0.4, -0.2) is 44.6 Å². The lowest BCUT2D eigenvalue weighted by atomic mass is 9.96.